The van der Waals surface area contributed by atoms with Crippen molar-refractivity contribution in [3.05, 3.63) is 224 Å². The first-order valence-corrected chi connectivity index (χ1v) is 22.6. The molecule has 360 valence electrons. The van der Waals surface area contributed by atoms with E-state index in [1.165, 1.54) is 22.6 Å². The Labute approximate surface area is 379 Å². The van der Waals surface area contributed by atoms with E-state index in [1.54, 1.807) is 0 Å². The third-order valence-corrected chi connectivity index (χ3v) is 13.7. The van der Waals surface area contributed by atoms with E-state index < -0.39 is 159 Å². The molecule has 1 nitrogen and oxygen atoms in total. The second kappa shape index (κ2) is 19.7. The molecule has 22 heteroatoms. The molecule has 69 heavy (non-hydrogen) atoms. The molecule has 0 saturated heterocycles. The molecule has 0 atom stereocenters. The average Bonchev–Trinajstić information content (AvgIpc) is 3.33. The van der Waals surface area contributed by atoms with E-state index in [9.17, 15) is 39.5 Å². The first-order valence-electron chi connectivity index (χ1n) is 19.7. The summed E-state index contributed by atoms with van der Waals surface area (Å²) in [5.41, 5.74) is -10.0. The van der Waals surface area contributed by atoms with Crippen LogP contribution in [0.15, 0.2) is 91.0 Å². The minimum atomic E-state index is -7.13. The summed E-state index contributed by atoms with van der Waals surface area (Å²) < 4.78 is 295. The first kappa shape index (κ1) is 51.7. The van der Waals surface area contributed by atoms with Crippen molar-refractivity contribution >= 4 is 41.5 Å². The second-order valence-corrected chi connectivity index (χ2v) is 19.1. The van der Waals surface area contributed by atoms with Crippen LogP contribution in [-0.4, -0.2) is 21.1 Å². The molecule has 0 aliphatic carbocycles. The van der Waals surface area contributed by atoms with Gasteiger partial charge in [-0.2, -0.15) is 0 Å². The molecule has 0 fully saturated rings. The quantitative estimate of drug-likeness (QED) is 0.0331. The van der Waals surface area contributed by atoms with Crippen molar-refractivity contribution in [2.75, 3.05) is 6.61 Å². The molecule has 0 spiro atoms. The molecule has 0 heterocycles. The topological polar surface area (TPSA) is 9.23 Å². The van der Waals surface area contributed by atoms with E-state index in [1.807, 2.05) is 0 Å². The summed E-state index contributed by atoms with van der Waals surface area (Å²) in [7, 11) is -4.37. The lowest BCUT2D eigenvalue weighted by molar-refractivity contribution is 0.335. The van der Waals surface area contributed by atoms with Crippen LogP contribution >= 0.6 is 0 Å². The van der Waals surface area contributed by atoms with Crippen molar-refractivity contribution < 1.29 is 87.8 Å². The number of benzene rings is 7. The molecule has 7 aromatic rings. The zero-order valence-electron chi connectivity index (χ0n) is 35.0. The van der Waals surface area contributed by atoms with E-state index in [0.29, 0.717) is 0 Å². The summed E-state index contributed by atoms with van der Waals surface area (Å²) in [6, 6.07) is 31.6. The van der Waals surface area contributed by atoms with Gasteiger partial charge in [-0.1, -0.05) is 18.2 Å². The second-order valence-electron chi connectivity index (χ2n) is 15.3. The van der Waals surface area contributed by atoms with Crippen molar-refractivity contribution in [2.24, 2.45) is 0 Å². The fourth-order valence-corrected chi connectivity index (χ4v) is 10.3. The highest BCUT2D eigenvalue weighted by molar-refractivity contribution is 7.20. The van der Waals surface area contributed by atoms with Gasteiger partial charge in [0.05, 0.1) is 22.6 Å². The normalized spacial score (nSPS) is 11.7. The predicted octanol–water partition coefficient (Wildman–Crippen LogP) is 10.9. The molecule has 0 amide bonds. The van der Waals surface area contributed by atoms with Crippen LogP contribution in [-0.2, 0) is 4.43 Å². The zero-order valence-corrected chi connectivity index (χ0v) is 36.0. The molecular formula is C47H26BF19OSi. The lowest BCUT2D eigenvalue weighted by Gasteiger charge is -2.45. The Hall–Kier alpha value is -6.68. The SMILES string of the molecule is CCO[Si](C)(C)c1c(F)c(F)c([B-](c2c(F)c(F)c(F)c(F)c2F)(c2c(F)c(F)c(F)c(F)c2F)c2c(F)c(F)c(F)c(F)c2F)c(F)c1F.c1ccc([C+](c2ccccc2)c2ccccc2)cc1. The van der Waals surface area contributed by atoms with Gasteiger partial charge in [-0.25, -0.2) is 83.4 Å². The lowest BCUT2D eigenvalue weighted by Crippen LogP contribution is -2.81. The Bertz CT molecular complexity index is 2720. The maximum Gasteiger partial charge on any atom is 0.224 e. The first-order chi connectivity index (χ1) is 32.4. The molecule has 0 N–H and O–H groups in total. The fourth-order valence-electron chi connectivity index (χ4n) is 8.18. The van der Waals surface area contributed by atoms with Gasteiger partial charge in [0.25, 0.3) is 0 Å². The Morgan fingerprint density at radius 3 is 0.754 bits per heavy atom. The summed E-state index contributed by atoms with van der Waals surface area (Å²) in [4.78, 5) is 0. The van der Waals surface area contributed by atoms with Gasteiger partial charge in [0, 0.05) is 11.8 Å². The van der Waals surface area contributed by atoms with E-state index in [4.69, 9.17) is 4.43 Å². The zero-order chi connectivity index (χ0) is 51.2. The van der Waals surface area contributed by atoms with E-state index >= 15 is 43.9 Å². The van der Waals surface area contributed by atoms with Crippen molar-refractivity contribution in [3.63, 3.8) is 0 Å². The minimum Gasteiger partial charge on any atom is -0.413 e. The van der Waals surface area contributed by atoms with Gasteiger partial charge in [-0.05, 0) is 92.8 Å². The molecule has 0 aliphatic heterocycles. The summed E-state index contributed by atoms with van der Waals surface area (Å²) >= 11 is 0. The Morgan fingerprint density at radius 1 is 0.333 bits per heavy atom. The average molecular weight is 1010 g/mol. The Kier molecular flexibility index (Phi) is 14.8. The third kappa shape index (κ3) is 8.50. The van der Waals surface area contributed by atoms with E-state index in [-0.39, 0.29) is 0 Å². The van der Waals surface area contributed by atoms with Crippen LogP contribution < -0.4 is 27.0 Å². The maximum atomic E-state index is 16.3. The van der Waals surface area contributed by atoms with Gasteiger partial charge >= 0.3 is 0 Å². The number of halogens is 19. The highest BCUT2D eigenvalue weighted by atomic mass is 28.4. The maximum absolute atomic E-state index is 16.3. The van der Waals surface area contributed by atoms with Crippen LogP contribution in [0.2, 0.25) is 13.1 Å². The molecule has 0 unspecified atom stereocenters. The van der Waals surface area contributed by atoms with Crippen molar-refractivity contribution in [1.82, 2.24) is 0 Å². The van der Waals surface area contributed by atoms with Crippen molar-refractivity contribution in [3.8, 4) is 0 Å². The van der Waals surface area contributed by atoms with E-state index in [2.05, 4.69) is 91.0 Å². The summed E-state index contributed by atoms with van der Waals surface area (Å²) in [6.07, 6.45) is -7.13. The van der Waals surface area contributed by atoms with Crippen LogP contribution in [0.5, 0.6) is 0 Å². The standard InChI is InChI=1S/C28H11BF19OSi.C19H15/c1-4-49-50(2,3)28-26(47)15(36)8(16(37)27(28)48)29(5-9(30)17(38)23(44)18(39)10(5)31,6-11(32)19(40)24(45)20(41)12(6)33)7-13(34)21(42)25(46)22(43)14(7)35;1-4-10-16(11-5-1)19(17-12-6-2-7-13-17)18-14-8-3-9-15-18/h4H2,1-3H3;1-15H/q-1;+1. The number of hydrogen-bond acceptors (Lipinski definition) is 1. The molecule has 0 bridgehead atoms. The summed E-state index contributed by atoms with van der Waals surface area (Å²) in [5, 5.41) is -1.80. The number of rotatable bonds is 10. The fraction of sp³-hybridized carbons (Fsp3) is 0.0851. The van der Waals surface area contributed by atoms with Crippen molar-refractivity contribution in [2.45, 2.75) is 20.0 Å². The lowest BCUT2D eigenvalue weighted by atomic mass is 9.12. The summed E-state index contributed by atoms with van der Waals surface area (Å²) in [5.74, 6) is -63.7. The molecule has 0 aliphatic rings. The predicted molar refractivity (Wildman–Crippen MR) is 218 cm³/mol. The highest BCUT2D eigenvalue weighted by Gasteiger charge is 2.53. The van der Waals surface area contributed by atoms with Crippen LogP contribution in [0.3, 0.4) is 0 Å². The highest BCUT2D eigenvalue weighted by Crippen LogP contribution is 2.32. The van der Waals surface area contributed by atoms with Gasteiger partial charge < -0.3 is 4.43 Å². The van der Waals surface area contributed by atoms with Gasteiger partial charge in [-0.3, -0.25) is 0 Å². The molecule has 7 rings (SSSR count). The Balaban J connectivity index is 0.000000339. The Morgan fingerprint density at radius 2 is 0.536 bits per heavy atom. The third-order valence-electron chi connectivity index (χ3n) is 11.1. The molecule has 0 radical (unpaired) electrons. The molecule has 7 aromatic carbocycles. The van der Waals surface area contributed by atoms with Crippen LogP contribution in [0.4, 0.5) is 83.4 Å². The minimum absolute atomic E-state index is 0.489. The monoisotopic (exact) mass is 1010 g/mol. The molecule has 0 aromatic heterocycles. The van der Waals surface area contributed by atoms with E-state index in [0.717, 1.165) is 20.0 Å². The molecule has 0 saturated carbocycles. The largest absolute Gasteiger partial charge is 0.413 e. The number of hydrogen-bond donors (Lipinski definition) is 0. The molecular weight excluding hydrogens is 980 g/mol. The van der Waals surface area contributed by atoms with Crippen LogP contribution in [0, 0.1) is 116 Å². The van der Waals surface area contributed by atoms with Crippen molar-refractivity contribution in [1.29, 1.82) is 0 Å². The summed E-state index contributed by atoms with van der Waals surface area (Å²) in [6.45, 7) is 2.27. The van der Waals surface area contributed by atoms with Crippen LogP contribution in [0.25, 0.3) is 0 Å². The van der Waals surface area contributed by atoms with Gasteiger partial charge in [0.2, 0.25) is 8.32 Å². The van der Waals surface area contributed by atoms with Gasteiger partial charge in [-0.15, -0.1) is 21.9 Å². The van der Waals surface area contributed by atoms with Gasteiger partial charge in [0.15, 0.2) is 64.0 Å². The smallest absolute Gasteiger partial charge is 0.224 e. The van der Waals surface area contributed by atoms with Crippen LogP contribution in [0.1, 0.15) is 23.6 Å². The van der Waals surface area contributed by atoms with Gasteiger partial charge in [0.1, 0.15) is 52.7 Å².